The first-order valence-electron chi connectivity index (χ1n) is 10.2. The number of hydrogen-bond acceptors (Lipinski definition) is 3. The van der Waals surface area contributed by atoms with Gasteiger partial charge in [0.1, 0.15) is 5.75 Å². The molecule has 2 N–H and O–H groups in total. The summed E-state index contributed by atoms with van der Waals surface area (Å²) in [5, 5.41) is 6.05. The molecule has 1 aliphatic heterocycles. The van der Waals surface area contributed by atoms with Gasteiger partial charge < -0.3 is 20.3 Å². The van der Waals surface area contributed by atoms with E-state index in [1.165, 1.54) is 0 Å². The van der Waals surface area contributed by atoms with Crippen molar-refractivity contribution in [2.45, 2.75) is 58.0 Å². The molecule has 3 amide bonds. The number of carbonyl (C=O) groups excluding carboxylic acids is 2. The van der Waals surface area contributed by atoms with Gasteiger partial charge in [0.25, 0.3) is 0 Å². The zero-order chi connectivity index (χ0) is 19.1. The Balaban J connectivity index is 1.39. The monoisotopic (exact) mass is 373 g/mol. The van der Waals surface area contributed by atoms with Crippen LogP contribution in [0.4, 0.5) is 4.79 Å². The van der Waals surface area contributed by atoms with Gasteiger partial charge in [-0.25, -0.2) is 4.79 Å². The van der Waals surface area contributed by atoms with Gasteiger partial charge in [-0.2, -0.15) is 0 Å². The number of piperidine rings is 1. The lowest BCUT2D eigenvalue weighted by Crippen LogP contribution is -2.46. The fourth-order valence-corrected chi connectivity index (χ4v) is 3.26. The van der Waals surface area contributed by atoms with Crippen molar-refractivity contribution in [3.63, 3.8) is 0 Å². The summed E-state index contributed by atoms with van der Waals surface area (Å²) in [5.74, 6) is 1.06. The van der Waals surface area contributed by atoms with Gasteiger partial charge in [-0.1, -0.05) is 25.5 Å². The number of nitrogens with one attached hydrogen (secondary N) is 2. The highest BCUT2D eigenvalue weighted by atomic mass is 16.5. The highest BCUT2D eigenvalue weighted by Gasteiger charge is 2.30. The highest BCUT2D eigenvalue weighted by molar-refractivity contribution is 5.80. The van der Waals surface area contributed by atoms with Gasteiger partial charge in [0, 0.05) is 31.6 Å². The highest BCUT2D eigenvalue weighted by Crippen LogP contribution is 2.22. The molecule has 0 aromatic heterocycles. The smallest absolute Gasteiger partial charge is 0.317 e. The van der Waals surface area contributed by atoms with Crippen molar-refractivity contribution >= 4 is 11.9 Å². The second-order valence-corrected chi connectivity index (χ2v) is 7.55. The van der Waals surface area contributed by atoms with Crippen LogP contribution >= 0.6 is 0 Å². The second-order valence-electron chi connectivity index (χ2n) is 7.55. The first-order valence-corrected chi connectivity index (χ1v) is 10.2. The average Bonchev–Trinajstić information content (AvgIpc) is 3.51. The topological polar surface area (TPSA) is 70.7 Å². The summed E-state index contributed by atoms with van der Waals surface area (Å²) >= 11 is 0. The van der Waals surface area contributed by atoms with E-state index in [1.54, 1.807) is 0 Å². The molecule has 0 unspecified atom stereocenters. The molecular weight excluding hydrogens is 342 g/mol. The van der Waals surface area contributed by atoms with Gasteiger partial charge >= 0.3 is 6.03 Å². The predicted molar refractivity (Wildman–Crippen MR) is 105 cm³/mol. The van der Waals surface area contributed by atoms with Gasteiger partial charge in [0.05, 0.1) is 6.61 Å². The van der Waals surface area contributed by atoms with E-state index < -0.39 is 0 Å². The van der Waals surface area contributed by atoms with Gasteiger partial charge in [0.15, 0.2) is 0 Å². The number of carbonyl (C=O) groups is 2. The summed E-state index contributed by atoms with van der Waals surface area (Å²) in [6.07, 6.45) is 5.85. The molecule has 148 valence electrons. The Morgan fingerprint density at radius 3 is 2.67 bits per heavy atom. The lowest BCUT2D eigenvalue weighted by molar-refractivity contribution is -0.126. The van der Waals surface area contributed by atoms with Crippen molar-refractivity contribution < 1.29 is 14.3 Å². The molecule has 1 heterocycles. The lowest BCUT2D eigenvalue weighted by atomic mass is 9.96. The number of benzene rings is 1. The Bertz CT molecular complexity index is 637. The van der Waals surface area contributed by atoms with E-state index in [-0.39, 0.29) is 17.9 Å². The van der Waals surface area contributed by atoms with Crippen LogP contribution in [0.25, 0.3) is 0 Å². The molecule has 1 aromatic carbocycles. The Labute approximate surface area is 161 Å². The fourth-order valence-electron chi connectivity index (χ4n) is 3.26. The predicted octanol–water partition coefficient (Wildman–Crippen LogP) is 3.07. The van der Waals surface area contributed by atoms with E-state index in [2.05, 4.69) is 17.6 Å². The number of urea groups is 1. The Morgan fingerprint density at radius 1 is 1.19 bits per heavy atom. The number of nitrogens with zero attached hydrogens (tertiary/aromatic N) is 1. The normalized spacial score (nSPS) is 17.4. The summed E-state index contributed by atoms with van der Waals surface area (Å²) in [4.78, 5) is 26.3. The maximum absolute atomic E-state index is 12.4. The van der Waals surface area contributed by atoms with Crippen LogP contribution in [0.3, 0.4) is 0 Å². The first kappa shape index (κ1) is 19.5. The SMILES string of the molecule is CCCCOc1cccc(CNC(=O)N2CCC(C(=O)NC3CC3)CC2)c1. The van der Waals surface area contributed by atoms with Crippen molar-refractivity contribution in [1.29, 1.82) is 0 Å². The molecule has 1 saturated carbocycles. The molecule has 6 nitrogen and oxygen atoms in total. The summed E-state index contributed by atoms with van der Waals surface area (Å²) < 4.78 is 5.72. The molecule has 1 saturated heterocycles. The summed E-state index contributed by atoms with van der Waals surface area (Å²) in [6, 6.07) is 8.20. The summed E-state index contributed by atoms with van der Waals surface area (Å²) in [6.45, 7) is 4.60. The van der Waals surface area contributed by atoms with Gasteiger partial charge in [-0.3, -0.25) is 4.79 Å². The van der Waals surface area contributed by atoms with Crippen LogP contribution in [0.1, 0.15) is 51.0 Å². The van der Waals surface area contributed by atoms with Crippen molar-refractivity contribution in [2.24, 2.45) is 5.92 Å². The van der Waals surface area contributed by atoms with Crippen LogP contribution < -0.4 is 15.4 Å². The quantitative estimate of drug-likeness (QED) is 0.688. The first-order chi connectivity index (χ1) is 13.2. The fraction of sp³-hybridized carbons (Fsp3) is 0.619. The Hall–Kier alpha value is -2.24. The third-order valence-corrected chi connectivity index (χ3v) is 5.19. The standard InChI is InChI=1S/C21H31N3O3/c1-2-3-13-27-19-6-4-5-16(14-19)15-22-21(26)24-11-9-17(10-12-24)20(25)23-18-7-8-18/h4-6,14,17-18H,2-3,7-13,15H2,1H3,(H,22,26)(H,23,25). The van der Waals surface area contributed by atoms with Gasteiger partial charge in [-0.15, -0.1) is 0 Å². The molecule has 0 bridgehead atoms. The van der Waals surface area contributed by atoms with Crippen molar-refractivity contribution in [1.82, 2.24) is 15.5 Å². The summed E-state index contributed by atoms with van der Waals surface area (Å²) in [5.41, 5.74) is 1.02. The number of likely N-dealkylation sites (tertiary alicyclic amines) is 1. The summed E-state index contributed by atoms with van der Waals surface area (Å²) in [7, 11) is 0. The average molecular weight is 373 g/mol. The van der Waals surface area contributed by atoms with Crippen LogP contribution in [-0.2, 0) is 11.3 Å². The van der Waals surface area contributed by atoms with E-state index >= 15 is 0 Å². The van der Waals surface area contributed by atoms with Crippen molar-refractivity contribution in [3.8, 4) is 5.75 Å². The minimum absolute atomic E-state index is 0.0478. The number of rotatable bonds is 8. The lowest BCUT2D eigenvalue weighted by Gasteiger charge is -2.31. The van der Waals surface area contributed by atoms with E-state index in [0.29, 0.717) is 25.7 Å². The molecule has 2 aliphatic rings. The molecular formula is C21H31N3O3. The van der Waals surface area contributed by atoms with Crippen LogP contribution in [0.15, 0.2) is 24.3 Å². The Morgan fingerprint density at radius 2 is 1.96 bits per heavy atom. The van der Waals surface area contributed by atoms with Crippen molar-refractivity contribution in [3.05, 3.63) is 29.8 Å². The van der Waals surface area contributed by atoms with Gasteiger partial charge in [0.2, 0.25) is 5.91 Å². The van der Waals surface area contributed by atoms with E-state index in [9.17, 15) is 9.59 Å². The van der Waals surface area contributed by atoms with E-state index in [1.807, 2.05) is 29.2 Å². The minimum atomic E-state index is -0.0617. The van der Waals surface area contributed by atoms with Crippen LogP contribution in [0, 0.1) is 5.92 Å². The van der Waals surface area contributed by atoms with Crippen LogP contribution in [0.2, 0.25) is 0 Å². The maximum atomic E-state index is 12.4. The van der Waals surface area contributed by atoms with Crippen LogP contribution in [-0.4, -0.2) is 42.6 Å². The Kier molecular flexibility index (Phi) is 6.96. The van der Waals surface area contributed by atoms with E-state index in [0.717, 1.165) is 56.4 Å². The van der Waals surface area contributed by atoms with Crippen LogP contribution in [0.5, 0.6) is 5.75 Å². The second kappa shape index (κ2) is 9.62. The molecule has 0 atom stereocenters. The molecule has 27 heavy (non-hydrogen) atoms. The maximum Gasteiger partial charge on any atom is 0.317 e. The molecule has 2 fully saturated rings. The molecule has 0 radical (unpaired) electrons. The number of amides is 3. The zero-order valence-corrected chi connectivity index (χ0v) is 16.2. The molecule has 0 spiro atoms. The molecule has 1 aliphatic carbocycles. The van der Waals surface area contributed by atoms with Gasteiger partial charge in [-0.05, 0) is 49.8 Å². The zero-order valence-electron chi connectivity index (χ0n) is 16.2. The number of hydrogen-bond donors (Lipinski definition) is 2. The number of ether oxygens (including phenoxy) is 1. The molecule has 6 heteroatoms. The number of unbranched alkanes of at least 4 members (excludes halogenated alkanes) is 1. The van der Waals surface area contributed by atoms with Crippen molar-refractivity contribution in [2.75, 3.05) is 19.7 Å². The third-order valence-electron chi connectivity index (χ3n) is 5.19. The third kappa shape index (κ3) is 6.15. The largest absolute Gasteiger partial charge is 0.494 e. The molecule has 3 rings (SSSR count). The van der Waals surface area contributed by atoms with E-state index in [4.69, 9.17) is 4.74 Å². The minimum Gasteiger partial charge on any atom is -0.494 e. The molecule has 1 aromatic rings.